The van der Waals surface area contributed by atoms with Crippen molar-refractivity contribution in [3.63, 3.8) is 0 Å². The van der Waals surface area contributed by atoms with Gasteiger partial charge in [0.15, 0.2) is 0 Å². The van der Waals surface area contributed by atoms with Gasteiger partial charge in [-0.1, -0.05) is 30.3 Å². The van der Waals surface area contributed by atoms with Gasteiger partial charge in [-0.2, -0.15) is 0 Å². The van der Waals surface area contributed by atoms with Crippen molar-refractivity contribution in [3.8, 4) is 0 Å². The second kappa shape index (κ2) is 5.92. The van der Waals surface area contributed by atoms with E-state index in [-0.39, 0.29) is 18.4 Å². The maximum Gasteiger partial charge on any atom is 0.268 e. The van der Waals surface area contributed by atoms with Crippen molar-refractivity contribution in [2.75, 3.05) is 20.2 Å². The van der Waals surface area contributed by atoms with E-state index in [0.29, 0.717) is 10.9 Å². The molecule has 0 spiro atoms. The molecular weight excluding hydrogens is 360 g/mol. The number of aromatic nitrogens is 1. The molecule has 1 saturated heterocycles. The Morgan fingerprint density at radius 2 is 1.89 bits per heavy atom. The lowest BCUT2D eigenvalue weighted by atomic mass is 9.76. The highest BCUT2D eigenvalue weighted by Crippen LogP contribution is 2.47. The van der Waals surface area contributed by atoms with E-state index in [2.05, 4.69) is 18.0 Å². The van der Waals surface area contributed by atoms with Gasteiger partial charge in [0.25, 0.3) is 10.0 Å². The number of likely N-dealkylation sites (N-methyl/N-ethyl adjacent to an activating group) is 1. The van der Waals surface area contributed by atoms with Crippen LogP contribution in [0.3, 0.4) is 0 Å². The molecule has 2 heterocycles. The largest absolute Gasteiger partial charge is 0.396 e. The van der Waals surface area contributed by atoms with Gasteiger partial charge in [-0.15, -0.1) is 0 Å². The van der Waals surface area contributed by atoms with Crippen LogP contribution >= 0.6 is 0 Å². The maximum atomic E-state index is 13.3. The Balaban J connectivity index is 1.74. The molecule has 1 aromatic heterocycles. The van der Waals surface area contributed by atoms with E-state index in [1.165, 1.54) is 9.54 Å². The Kier molecular flexibility index (Phi) is 3.73. The lowest BCUT2D eigenvalue weighted by Gasteiger charge is -2.31. The van der Waals surface area contributed by atoms with Crippen LogP contribution in [0.4, 0.5) is 0 Å². The van der Waals surface area contributed by atoms with Crippen LogP contribution in [-0.4, -0.2) is 48.6 Å². The van der Waals surface area contributed by atoms with Crippen LogP contribution in [0.1, 0.15) is 17.0 Å². The van der Waals surface area contributed by atoms with E-state index in [1.807, 2.05) is 18.2 Å². The van der Waals surface area contributed by atoms with E-state index >= 15 is 0 Å². The number of likely N-dealkylation sites (tertiary alicyclic amines) is 1. The van der Waals surface area contributed by atoms with Crippen molar-refractivity contribution in [2.24, 2.45) is 5.92 Å². The van der Waals surface area contributed by atoms with Crippen LogP contribution in [0.15, 0.2) is 59.6 Å². The van der Waals surface area contributed by atoms with Crippen LogP contribution in [0.2, 0.25) is 0 Å². The smallest absolute Gasteiger partial charge is 0.268 e. The second-order valence-corrected chi connectivity index (χ2v) is 9.50. The number of aliphatic hydroxyl groups is 1. The van der Waals surface area contributed by atoms with Gasteiger partial charge in [0.05, 0.1) is 10.4 Å². The highest BCUT2D eigenvalue weighted by atomic mass is 32.2. The van der Waals surface area contributed by atoms with Crippen molar-refractivity contribution in [2.45, 2.75) is 23.3 Å². The first-order chi connectivity index (χ1) is 13.0. The van der Waals surface area contributed by atoms with Gasteiger partial charge in [0.1, 0.15) is 0 Å². The molecule has 1 aliphatic carbocycles. The Morgan fingerprint density at radius 3 is 2.63 bits per heavy atom. The second-order valence-electron chi connectivity index (χ2n) is 7.69. The van der Waals surface area contributed by atoms with Crippen molar-refractivity contribution >= 4 is 20.9 Å². The molecule has 0 bridgehead atoms. The zero-order valence-corrected chi connectivity index (χ0v) is 15.9. The summed E-state index contributed by atoms with van der Waals surface area (Å²) in [5, 5.41) is 10.9. The summed E-state index contributed by atoms with van der Waals surface area (Å²) in [6, 6.07) is 14.8. The standard InChI is InChI=1S/C21H22N2O3S/c1-22-11-15(13-24)21-17-8-5-9-18-20(17)14(10-19(21)22)12-23(18)27(25,26)16-6-3-2-4-7-16/h2-9,12,15,19,21,24H,10-11,13H2,1H3. The summed E-state index contributed by atoms with van der Waals surface area (Å²) in [6.07, 6.45) is 2.61. The van der Waals surface area contributed by atoms with Crippen LogP contribution in [0.25, 0.3) is 10.9 Å². The van der Waals surface area contributed by atoms with E-state index in [9.17, 15) is 13.5 Å². The van der Waals surface area contributed by atoms with E-state index in [0.717, 1.165) is 29.4 Å². The van der Waals surface area contributed by atoms with Crippen LogP contribution in [-0.2, 0) is 16.4 Å². The summed E-state index contributed by atoms with van der Waals surface area (Å²) in [6.45, 7) is 1.02. The van der Waals surface area contributed by atoms with E-state index < -0.39 is 10.0 Å². The lowest BCUT2D eigenvalue weighted by molar-refractivity contribution is 0.219. The minimum Gasteiger partial charge on any atom is -0.396 e. The summed E-state index contributed by atoms with van der Waals surface area (Å²) < 4.78 is 27.9. The van der Waals surface area contributed by atoms with Crippen molar-refractivity contribution < 1.29 is 13.5 Å². The molecule has 5 rings (SSSR count). The molecule has 1 N–H and O–H groups in total. The van der Waals surface area contributed by atoms with Gasteiger partial charge < -0.3 is 10.0 Å². The fourth-order valence-corrected chi connectivity index (χ4v) is 6.46. The molecule has 1 fully saturated rings. The monoisotopic (exact) mass is 382 g/mol. The average Bonchev–Trinajstić information content (AvgIpc) is 3.23. The first kappa shape index (κ1) is 17.0. The van der Waals surface area contributed by atoms with Crippen molar-refractivity contribution in [1.82, 2.24) is 8.87 Å². The van der Waals surface area contributed by atoms with Gasteiger partial charge in [-0.25, -0.2) is 12.4 Å². The fourth-order valence-electron chi connectivity index (χ4n) is 5.05. The Labute approximate surface area is 158 Å². The maximum absolute atomic E-state index is 13.3. The normalized spacial score (nSPS) is 25.0. The van der Waals surface area contributed by atoms with Crippen LogP contribution < -0.4 is 0 Å². The average molecular weight is 382 g/mol. The minimum atomic E-state index is -3.65. The minimum absolute atomic E-state index is 0.153. The van der Waals surface area contributed by atoms with Crippen LogP contribution in [0, 0.1) is 5.92 Å². The number of aliphatic hydroxyl groups excluding tert-OH is 1. The number of rotatable bonds is 3. The number of fused-ring (bicyclic) bond motifs is 2. The third-order valence-electron chi connectivity index (χ3n) is 6.24. The predicted molar refractivity (Wildman–Crippen MR) is 104 cm³/mol. The fraction of sp³-hybridized carbons (Fsp3) is 0.333. The third-order valence-corrected chi connectivity index (χ3v) is 7.93. The van der Waals surface area contributed by atoms with Gasteiger partial charge >= 0.3 is 0 Å². The zero-order valence-electron chi connectivity index (χ0n) is 15.1. The molecule has 3 unspecified atom stereocenters. The number of nitrogens with zero attached hydrogens (tertiary/aromatic N) is 2. The molecule has 2 aliphatic rings. The Morgan fingerprint density at radius 1 is 1.11 bits per heavy atom. The van der Waals surface area contributed by atoms with Gasteiger partial charge in [0.2, 0.25) is 0 Å². The summed E-state index contributed by atoms with van der Waals surface area (Å²) in [5.74, 6) is 0.430. The van der Waals surface area contributed by atoms with E-state index in [4.69, 9.17) is 0 Å². The molecule has 5 nitrogen and oxygen atoms in total. The first-order valence-corrected chi connectivity index (χ1v) is 10.7. The molecule has 1 aliphatic heterocycles. The molecule has 0 amide bonds. The summed E-state index contributed by atoms with van der Waals surface area (Å²) in [4.78, 5) is 2.60. The summed E-state index contributed by atoms with van der Waals surface area (Å²) in [5.41, 5.74) is 2.98. The summed E-state index contributed by atoms with van der Waals surface area (Å²) >= 11 is 0. The van der Waals surface area contributed by atoms with Crippen LogP contribution in [0.5, 0.6) is 0 Å². The topological polar surface area (TPSA) is 62.5 Å². The quantitative estimate of drug-likeness (QED) is 0.756. The summed E-state index contributed by atoms with van der Waals surface area (Å²) in [7, 11) is -1.55. The molecule has 0 radical (unpaired) electrons. The molecule has 2 aromatic carbocycles. The number of hydrogen-bond donors (Lipinski definition) is 1. The number of hydrogen-bond acceptors (Lipinski definition) is 4. The highest BCUT2D eigenvalue weighted by Gasteiger charge is 2.44. The van der Waals surface area contributed by atoms with Gasteiger partial charge in [0, 0.05) is 42.6 Å². The zero-order chi connectivity index (χ0) is 18.8. The highest BCUT2D eigenvalue weighted by molar-refractivity contribution is 7.90. The molecule has 6 heteroatoms. The van der Waals surface area contributed by atoms with Crippen molar-refractivity contribution in [3.05, 3.63) is 65.9 Å². The van der Waals surface area contributed by atoms with Gasteiger partial charge in [-0.05, 0) is 42.8 Å². The molecular formula is C21H22N2O3S. The van der Waals surface area contributed by atoms with Gasteiger partial charge in [-0.3, -0.25) is 0 Å². The Hall–Kier alpha value is -2.15. The molecule has 27 heavy (non-hydrogen) atoms. The molecule has 0 saturated carbocycles. The van der Waals surface area contributed by atoms with E-state index in [1.54, 1.807) is 30.5 Å². The SMILES string of the molecule is CN1CC(CO)C2c3cccc4c3c(cn4S(=O)(=O)c3ccccc3)CC21. The molecule has 140 valence electrons. The lowest BCUT2D eigenvalue weighted by Crippen LogP contribution is -2.32. The van der Waals surface area contributed by atoms with Crippen molar-refractivity contribution in [1.29, 1.82) is 0 Å². The number of benzene rings is 2. The predicted octanol–water partition coefficient (Wildman–Crippen LogP) is 2.44. The third kappa shape index (κ3) is 2.33. The molecule has 3 aromatic rings. The first-order valence-electron chi connectivity index (χ1n) is 9.27. The molecule has 3 atom stereocenters. The Bertz CT molecular complexity index is 1120.